The molecule has 0 fully saturated rings. The Morgan fingerprint density at radius 1 is 0.964 bits per heavy atom. The summed E-state index contributed by atoms with van der Waals surface area (Å²) >= 11 is 0. The standard InChI is InChI=1S/C20H18N2O6/c23-17-10-16(21-20(27)28-12-14-4-2-1-3-5-14)18(24)22(17)11-13-6-8-15(9-7-13)19(25)26/h1-10,23-24H,11-12H2,(H,21,27)(H,25,26). The highest BCUT2D eigenvalue weighted by molar-refractivity contribution is 5.87. The quantitative estimate of drug-likeness (QED) is 0.518. The van der Waals surface area contributed by atoms with Crippen LogP contribution in [-0.2, 0) is 17.9 Å². The number of ether oxygens (including phenoxy) is 1. The fourth-order valence-corrected chi connectivity index (χ4v) is 2.58. The van der Waals surface area contributed by atoms with E-state index in [0.717, 1.165) is 5.56 Å². The fraction of sp³-hybridized carbons (Fsp3) is 0.100. The van der Waals surface area contributed by atoms with Gasteiger partial charge in [0.25, 0.3) is 0 Å². The molecule has 4 N–H and O–H groups in total. The number of amides is 1. The summed E-state index contributed by atoms with van der Waals surface area (Å²) in [7, 11) is 0. The number of rotatable bonds is 6. The molecule has 8 nitrogen and oxygen atoms in total. The van der Waals surface area contributed by atoms with E-state index in [1.165, 1.54) is 22.8 Å². The van der Waals surface area contributed by atoms with Gasteiger partial charge < -0.3 is 20.1 Å². The molecule has 0 bridgehead atoms. The minimum atomic E-state index is -1.04. The van der Waals surface area contributed by atoms with Gasteiger partial charge in [0.15, 0.2) is 5.88 Å². The van der Waals surface area contributed by atoms with E-state index < -0.39 is 12.1 Å². The van der Waals surface area contributed by atoms with Gasteiger partial charge in [0.1, 0.15) is 12.3 Å². The number of nitrogens with zero attached hydrogens (tertiary/aromatic N) is 1. The third-order valence-corrected chi connectivity index (χ3v) is 4.04. The summed E-state index contributed by atoms with van der Waals surface area (Å²) in [6.07, 6.45) is -0.776. The lowest BCUT2D eigenvalue weighted by atomic mass is 10.1. The van der Waals surface area contributed by atoms with Crippen LogP contribution >= 0.6 is 0 Å². The van der Waals surface area contributed by atoms with E-state index in [-0.39, 0.29) is 36.2 Å². The molecule has 1 aromatic heterocycles. The van der Waals surface area contributed by atoms with E-state index in [1.807, 2.05) is 30.3 Å². The van der Waals surface area contributed by atoms with Crippen LogP contribution in [0.5, 0.6) is 11.8 Å². The first-order valence-corrected chi connectivity index (χ1v) is 8.35. The molecule has 1 amide bonds. The lowest BCUT2D eigenvalue weighted by Crippen LogP contribution is -2.13. The average Bonchev–Trinajstić information content (AvgIpc) is 2.95. The summed E-state index contributed by atoms with van der Waals surface area (Å²) in [4.78, 5) is 22.8. The third-order valence-electron chi connectivity index (χ3n) is 4.04. The number of carboxylic acid groups (broad SMARTS) is 1. The second-order valence-corrected chi connectivity index (χ2v) is 6.01. The van der Waals surface area contributed by atoms with Crippen molar-refractivity contribution in [3.63, 3.8) is 0 Å². The van der Waals surface area contributed by atoms with Crippen molar-refractivity contribution in [2.45, 2.75) is 13.2 Å². The molecule has 0 atom stereocenters. The van der Waals surface area contributed by atoms with E-state index in [2.05, 4.69) is 5.32 Å². The van der Waals surface area contributed by atoms with Crippen LogP contribution in [0.1, 0.15) is 21.5 Å². The van der Waals surface area contributed by atoms with Gasteiger partial charge in [-0.3, -0.25) is 9.88 Å². The van der Waals surface area contributed by atoms with E-state index in [0.29, 0.717) is 5.56 Å². The van der Waals surface area contributed by atoms with Crippen LogP contribution < -0.4 is 5.32 Å². The molecule has 3 rings (SSSR count). The summed E-state index contributed by atoms with van der Waals surface area (Å²) in [6, 6.07) is 16.3. The predicted molar refractivity (Wildman–Crippen MR) is 101 cm³/mol. The number of benzene rings is 2. The number of hydrogen-bond donors (Lipinski definition) is 4. The maximum atomic E-state index is 11.9. The molecular weight excluding hydrogens is 364 g/mol. The number of carbonyl (C=O) groups excluding carboxylic acids is 1. The van der Waals surface area contributed by atoms with Crippen LogP contribution in [0.4, 0.5) is 10.5 Å². The van der Waals surface area contributed by atoms with Gasteiger partial charge in [-0.2, -0.15) is 0 Å². The lowest BCUT2D eigenvalue weighted by Gasteiger charge is -2.09. The van der Waals surface area contributed by atoms with Crippen LogP contribution in [-0.4, -0.2) is 31.9 Å². The zero-order valence-electron chi connectivity index (χ0n) is 14.7. The number of aromatic nitrogens is 1. The maximum Gasteiger partial charge on any atom is 0.412 e. The summed E-state index contributed by atoms with van der Waals surface area (Å²) in [6.45, 7) is 0.147. The summed E-state index contributed by atoms with van der Waals surface area (Å²) < 4.78 is 6.25. The second kappa shape index (κ2) is 8.17. The van der Waals surface area contributed by atoms with Crippen LogP contribution in [0.25, 0.3) is 0 Å². The van der Waals surface area contributed by atoms with Crippen molar-refractivity contribution < 1.29 is 29.6 Å². The minimum absolute atomic E-state index is 0.00211. The van der Waals surface area contributed by atoms with Crippen molar-refractivity contribution in [1.29, 1.82) is 0 Å². The Bertz CT molecular complexity index is 980. The maximum absolute atomic E-state index is 11.9. The summed E-state index contributed by atoms with van der Waals surface area (Å²) in [5.41, 5.74) is 1.60. The molecule has 0 aliphatic heterocycles. The average molecular weight is 382 g/mol. The van der Waals surface area contributed by atoms with Crippen molar-refractivity contribution in [1.82, 2.24) is 4.57 Å². The van der Waals surface area contributed by atoms with E-state index in [9.17, 15) is 19.8 Å². The zero-order chi connectivity index (χ0) is 20.1. The Labute approximate surface area is 160 Å². The van der Waals surface area contributed by atoms with Crippen molar-refractivity contribution >= 4 is 17.7 Å². The Morgan fingerprint density at radius 2 is 1.64 bits per heavy atom. The van der Waals surface area contributed by atoms with Gasteiger partial charge in [-0.15, -0.1) is 0 Å². The minimum Gasteiger partial charge on any atom is -0.494 e. The highest BCUT2D eigenvalue weighted by Gasteiger charge is 2.17. The molecule has 3 aromatic rings. The van der Waals surface area contributed by atoms with Gasteiger partial charge >= 0.3 is 12.1 Å². The van der Waals surface area contributed by atoms with E-state index in [4.69, 9.17) is 9.84 Å². The van der Waals surface area contributed by atoms with E-state index in [1.54, 1.807) is 12.1 Å². The molecule has 0 radical (unpaired) electrons. The van der Waals surface area contributed by atoms with Crippen LogP contribution in [0.15, 0.2) is 60.7 Å². The van der Waals surface area contributed by atoms with Gasteiger partial charge in [0.05, 0.1) is 12.1 Å². The molecule has 0 saturated carbocycles. The molecule has 0 unspecified atom stereocenters. The second-order valence-electron chi connectivity index (χ2n) is 6.01. The molecule has 28 heavy (non-hydrogen) atoms. The molecule has 0 aliphatic rings. The summed E-state index contributed by atoms with van der Waals surface area (Å²) in [5, 5.41) is 31.6. The monoisotopic (exact) mass is 382 g/mol. The molecule has 0 saturated heterocycles. The van der Waals surface area contributed by atoms with Crippen molar-refractivity contribution in [3.05, 3.63) is 77.4 Å². The first-order chi connectivity index (χ1) is 13.4. The molecule has 0 spiro atoms. The molecule has 0 aliphatic carbocycles. The van der Waals surface area contributed by atoms with Gasteiger partial charge in [0, 0.05) is 6.07 Å². The van der Waals surface area contributed by atoms with E-state index >= 15 is 0 Å². The summed E-state index contributed by atoms with van der Waals surface area (Å²) in [5.74, 6) is -1.66. The van der Waals surface area contributed by atoms with Crippen molar-refractivity contribution in [2.24, 2.45) is 0 Å². The normalized spacial score (nSPS) is 10.4. The SMILES string of the molecule is O=C(Nc1cc(O)n(Cc2ccc(C(=O)O)cc2)c1O)OCc1ccccc1. The number of anilines is 1. The molecule has 1 heterocycles. The van der Waals surface area contributed by atoms with Gasteiger partial charge in [0.2, 0.25) is 5.88 Å². The highest BCUT2D eigenvalue weighted by Crippen LogP contribution is 2.33. The number of aromatic hydroxyl groups is 2. The van der Waals surface area contributed by atoms with Gasteiger partial charge in [-0.05, 0) is 23.3 Å². The number of carboxylic acids is 1. The van der Waals surface area contributed by atoms with Gasteiger partial charge in [-0.25, -0.2) is 9.59 Å². The molecular formula is C20H18N2O6. The number of hydrogen-bond acceptors (Lipinski definition) is 5. The predicted octanol–water partition coefficient (Wildman–Crippen LogP) is 3.39. The highest BCUT2D eigenvalue weighted by atomic mass is 16.5. The van der Waals surface area contributed by atoms with Crippen molar-refractivity contribution in [3.8, 4) is 11.8 Å². The fourth-order valence-electron chi connectivity index (χ4n) is 2.58. The Balaban J connectivity index is 1.65. The van der Waals surface area contributed by atoms with Crippen molar-refractivity contribution in [2.75, 3.05) is 5.32 Å². The Morgan fingerprint density at radius 3 is 2.29 bits per heavy atom. The smallest absolute Gasteiger partial charge is 0.412 e. The van der Waals surface area contributed by atoms with Crippen LogP contribution in [0, 0.1) is 0 Å². The molecule has 8 heteroatoms. The third kappa shape index (κ3) is 4.42. The van der Waals surface area contributed by atoms with Crippen LogP contribution in [0.3, 0.4) is 0 Å². The topological polar surface area (TPSA) is 121 Å². The molecule has 2 aromatic carbocycles. The lowest BCUT2D eigenvalue weighted by molar-refractivity contribution is 0.0696. The number of carbonyl (C=O) groups is 2. The number of nitrogens with one attached hydrogen (secondary N) is 1. The largest absolute Gasteiger partial charge is 0.494 e. The van der Waals surface area contributed by atoms with Crippen LogP contribution in [0.2, 0.25) is 0 Å². The Kier molecular flexibility index (Phi) is 5.50. The first kappa shape index (κ1) is 18.8. The Hall–Kier alpha value is -3.94. The zero-order valence-corrected chi connectivity index (χ0v) is 14.7. The first-order valence-electron chi connectivity index (χ1n) is 8.35. The number of aromatic carboxylic acids is 1. The van der Waals surface area contributed by atoms with Gasteiger partial charge in [-0.1, -0.05) is 42.5 Å². The molecule has 144 valence electrons.